The fourth-order valence-electron chi connectivity index (χ4n) is 2.08. The molecule has 6 heteroatoms. The molecule has 20 heavy (non-hydrogen) atoms. The van der Waals surface area contributed by atoms with E-state index in [1.54, 1.807) is 0 Å². The number of hydrogen-bond acceptors (Lipinski definition) is 4. The quantitative estimate of drug-likeness (QED) is 0.787. The van der Waals surface area contributed by atoms with E-state index >= 15 is 0 Å². The summed E-state index contributed by atoms with van der Waals surface area (Å²) in [6, 6.07) is 9.50. The molecule has 1 aliphatic heterocycles. The highest BCUT2D eigenvalue weighted by Crippen LogP contribution is 2.16. The smallest absolute Gasteiger partial charge is 0.407 e. The van der Waals surface area contributed by atoms with E-state index in [0.717, 1.165) is 18.7 Å². The second kappa shape index (κ2) is 8.09. The van der Waals surface area contributed by atoms with Crippen molar-refractivity contribution in [2.45, 2.75) is 25.0 Å². The fraction of sp³-hybridized carbons (Fsp3) is 0.500. The Morgan fingerprint density at radius 3 is 2.60 bits per heavy atom. The molecule has 1 saturated heterocycles. The van der Waals surface area contributed by atoms with Gasteiger partial charge in [0.25, 0.3) is 0 Å². The highest BCUT2D eigenvalue weighted by atomic mass is 35.5. The Morgan fingerprint density at radius 1 is 1.30 bits per heavy atom. The Kier molecular flexibility index (Phi) is 6.78. The van der Waals surface area contributed by atoms with E-state index in [0.29, 0.717) is 12.8 Å². The van der Waals surface area contributed by atoms with Crippen LogP contribution in [-0.4, -0.2) is 36.4 Å². The first-order valence-corrected chi connectivity index (χ1v) is 6.56. The van der Waals surface area contributed by atoms with Crippen LogP contribution in [0, 0.1) is 0 Å². The third-order valence-corrected chi connectivity index (χ3v) is 3.31. The summed E-state index contributed by atoms with van der Waals surface area (Å²) in [7, 11) is 0. The van der Waals surface area contributed by atoms with E-state index in [2.05, 4.69) is 10.6 Å². The highest BCUT2D eigenvalue weighted by Gasteiger charge is 2.29. The normalized spacial score (nSPS) is 16.9. The standard InChI is InChI=1S/C14H20N2O3.ClH/c17-13(19-10-12-4-2-1-3-5-12)16-11-14(18)6-8-15-9-7-14;/h1-5,15,18H,6-11H2,(H,16,17);1H. The summed E-state index contributed by atoms with van der Waals surface area (Å²) in [5.41, 5.74) is 0.134. The number of rotatable bonds is 4. The van der Waals surface area contributed by atoms with E-state index in [-0.39, 0.29) is 25.6 Å². The van der Waals surface area contributed by atoms with Crippen LogP contribution in [0.1, 0.15) is 18.4 Å². The summed E-state index contributed by atoms with van der Waals surface area (Å²) < 4.78 is 5.09. The lowest BCUT2D eigenvalue weighted by atomic mass is 9.92. The predicted molar refractivity (Wildman–Crippen MR) is 78.9 cm³/mol. The van der Waals surface area contributed by atoms with Crippen LogP contribution < -0.4 is 10.6 Å². The molecular formula is C14H21ClN2O3. The number of benzene rings is 1. The topological polar surface area (TPSA) is 70.6 Å². The Bertz CT molecular complexity index is 408. The minimum absolute atomic E-state index is 0. The number of piperidine rings is 1. The number of amides is 1. The minimum Gasteiger partial charge on any atom is -0.445 e. The first kappa shape index (κ1) is 16.8. The summed E-state index contributed by atoms with van der Waals surface area (Å²) >= 11 is 0. The van der Waals surface area contributed by atoms with Crippen LogP contribution >= 0.6 is 12.4 Å². The molecule has 0 radical (unpaired) electrons. The summed E-state index contributed by atoms with van der Waals surface area (Å²) in [6.07, 6.45) is 0.800. The van der Waals surface area contributed by atoms with Crippen LogP contribution in [-0.2, 0) is 11.3 Å². The van der Waals surface area contributed by atoms with Gasteiger partial charge in [0.1, 0.15) is 6.61 Å². The van der Waals surface area contributed by atoms with Crippen LogP contribution in [0.25, 0.3) is 0 Å². The first-order chi connectivity index (χ1) is 9.18. The number of carbonyl (C=O) groups excluding carboxylic acids is 1. The molecule has 1 aliphatic rings. The third kappa shape index (κ3) is 5.36. The van der Waals surface area contributed by atoms with Gasteiger partial charge in [-0.3, -0.25) is 0 Å². The maximum atomic E-state index is 11.5. The van der Waals surface area contributed by atoms with Crippen LogP contribution in [0.5, 0.6) is 0 Å². The Balaban J connectivity index is 0.00000200. The SMILES string of the molecule is Cl.O=C(NCC1(O)CCNCC1)OCc1ccccc1. The highest BCUT2D eigenvalue weighted by molar-refractivity contribution is 5.85. The molecular weight excluding hydrogens is 280 g/mol. The zero-order valence-corrected chi connectivity index (χ0v) is 12.1. The molecule has 1 fully saturated rings. The van der Waals surface area contributed by atoms with Crippen LogP contribution in [0.3, 0.4) is 0 Å². The van der Waals surface area contributed by atoms with Crippen molar-refractivity contribution in [2.24, 2.45) is 0 Å². The number of ether oxygens (including phenoxy) is 1. The Hall–Kier alpha value is -1.30. The van der Waals surface area contributed by atoms with Crippen LogP contribution in [0.4, 0.5) is 4.79 Å². The third-order valence-electron chi connectivity index (χ3n) is 3.31. The van der Waals surface area contributed by atoms with Crippen molar-refractivity contribution < 1.29 is 14.6 Å². The maximum Gasteiger partial charge on any atom is 0.407 e. The van der Waals surface area contributed by atoms with Gasteiger partial charge in [0, 0.05) is 6.54 Å². The molecule has 0 atom stereocenters. The Labute approximate surface area is 125 Å². The number of alkyl carbamates (subject to hydrolysis) is 1. The van der Waals surface area contributed by atoms with Crippen molar-refractivity contribution >= 4 is 18.5 Å². The molecule has 1 aromatic carbocycles. The summed E-state index contributed by atoms with van der Waals surface area (Å²) in [5, 5.41) is 16.0. The number of aliphatic hydroxyl groups is 1. The van der Waals surface area contributed by atoms with Crippen molar-refractivity contribution in [3.05, 3.63) is 35.9 Å². The van der Waals surface area contributed by atoms with E-state index in [1.165, 1.54) is 0 Å². The van der Waals surface area contributed by atoms with Gasteiger partial charge in [0.15, 0.2) is 0 Å². The fourth-order valence-corrected chi connectivity index (χ4v) is 2.08. The zero-order valence-electron chi connectivity index (χ0n) is 11.3. The first-order valence-electron chi connectivity index (χ1n) is 6.56. The van der Waals surface area contributed by atoms with Crippen LogP contribution in [0.2, 0.25) is 0 Å². The molecule has 0 unspecified atom stereocenters. The van der Waals surface area contributed by atoms with Crippen molar-refractivity contribution in [3.63, 3.8) is 0 Å². The van der Waals surface area contributed by atoms with Crippen molar-refractivity contribution in [1.29, 1.82) is 0 Å². The van der Waals surface area contributed by atoms with Crippen molar-refractivity contribution in [1.82, 2.24) is 10.6 Å². The largest absolute Gasteiger partial charge is 0.445 e. The molecule has 5 nitrogen and oxygen atoms in total. The average molecular weight is 301 g/mol. The monoisotopic (exact) mass is 300 g/mol. The maximum absolute atomic E-state index is 11.5. The number of hydrogen-bond donors (Lipinski definition) is 3. The summed E-state index contributed by atoms with van der Waals surface area (Å²) in [6.45, 7) is 2.03. The van der Waals surface area contributed by atoms with Gasteiger partial charge in [0.2, 0.25) is 0 Å². The number of nitrogens with one attached hydrogen (secondary N) is 2. The lowest BCUT2D eigenvalue weighted by molar-refractivity contribution is 0.0102. The van der Waals surface area contributed by atoms with Gasteiger partial charge in [-0.05, 0) is 31.5 Å². The average Bonchev–Trinajstić information content (AvgIpc) is 2.45. The molecule has 0 aromatic heterocycles. The lowest BCUT2D eigenvalue weighted by Crippen LogP contribution is -2.49. The van der Waals surface area contributed by atoms with E-state index in [4.69, 9.17) is 4.74 Å². The molecule has 112 valence electrons. The van der Waals surface area contributed by atoms with Gasteiger partial charge in [0.05, 0.1) is 5.60 Å². The molecule has 1 amide bonds. The molecule has 0 spiro atoms. The predicted octanol–water partition coefficient (Wildman–Crippen LogP) is 1.45. The molecule has 3 N–H and O–H groups in total. The second-order valence-electron chi connectivity index (χ2n) is 4.89. The van der Waals surface area contributed by atoms with Gasteiger partial charge in [-0.2, -0.15) is 0 Å². The molecule has 0 bridgehead atoms. The van der Waals surface area contributed by atoms with E-state index in [9.17, 15) is 9.90 Å². The van der Waals surface area contributed by atoms with Gasteiger partial charge < -0.3 is 20.5 Å². The lowest BCUT2D eigenvalue weighted by Gasteiger charge is -2.32. The van der Waals surface area contributed by atoms with Gasteiger partial charge >= 0.3 is 6.09 Å². The van der Waals surface area contributed by atoms with E-state index < -0.39 is 11.7 Å². The molecule has 0 saturated carbocycles. The van der Waals surface area contributed by atoms with Crippen molar-refractivity contribution in [3.8, 4) is 0 Å². The molecule has 1 heterocycles. The van der Waals surface area contributed by atoms with Crippen LogP contribution in [0.15, 0.2) is 30.3 Å². The van der Waals surface area contributed by atoms with Gasteiger partial charge in [-0.1, -0.05) is 30.3 Å². The van der Waals surface area contributed by atoms with E-state index in [1.807, 2.05) is 30.3 Å². The summed E-state index contributed by atoms with van der Waals surface area (Å²) in [5.74, 6) is 0. The summed E-state index contributed by atoms with van der Waals surface area (Å²) in [4.78, 5) is 11.5. The molecule has 0 aliphatic carbocycles. The minimum atomic E-state index is -0.809. The molecule has 1 aromatic rings. The van der Waals surface area contributed by atoms with Gasteiger partial charge in [-0.25, -0.2) is 4.79 Å². The number of carbonyl (C=O) groups is 1. The molecule has 2 rings (SSSR count). The number of halogens is 1. The second-order valence-corrected chi connectivity index (χ2v) is 4.89. The van der Waals surface area contributed by atoms with Gasteiger partial charge in [-0.15, -0.1) is 12.4 Å². The zero-order chi connectivity index (χ0) is 13.6. The Morgan fingerprint density at radius 2 is 1.95 bits per heavy atom. The van der Waals surface area contributed by atoms with Crippen molar-refractivity contribution in [2.75, 3.05) is 19.6 Å².